The molecule has 0 aliphatic carbocycles. The van der Waals surface area contributed by atoms with E-state index in [1.165, 1.54) is 6.07 Å². The van der Waals surface area contributed by atoms with Gasteiger partial charge in [0, 0.05) is 43.2 Å². The van der Waals surface area contributed by atoms with Crippen LogP contribution in [0.2, 0.25) is 0 Å². The highest BCUT2D eigenvalue weighted by molar-refractivity contribution is 5.56. The lowest BCUT2D eigenvalue weighted by Gasteiger charge is -2.33. The van der Waals surface area contributed by atoms with Gasteiger partial charge in [0.15, 0.2) is 0 Å². The van der Waals surface area contributed by atoms with Gasteiger partial charge in [-0.3, -0.25) is 4.79 Å². The van der Waals surface area contributed by atoms with Crippen LogP contribution in [0.3, 0.4) is 0 Å². The lowest BCUT2D eigenvalue weighted by atomic mass is 10.1. The summed E-state index contributed by atoms with van der Waals surface area (Å²) < 4.78 is 11.5. The Morgan fingerprint density at radius 2 is 2.08 bits per heavy atom. The molecule has 26 heavy (non-hydrogen) atoms. The lowest BCUT2D eigenvalue weighted by molar-refractivity contribution is -0.0261. The second kappa shape index (κ2) is 7.55. The molecule has 4 heterocycles. The van der Waals surface area contributed by atoms with Crippen LogP contribution in [0.25, 0.3) is 11.4 Å². The van der Waals surface area contributed by atoms with Crippen LogP contribution >= 0.6 is 0 Å². The summed E-state index contributed by atoms with van der Waals surface area (Å²) in [4.78, 5) is 25.6. The van der Waals surface area contributed by atoms with Crippen molar-refractivity contribution in [3.8, 4) is 11.4 Å². The SMILES string of the molecule is Cc1cc(=O)[nH]c(-c2ccc(N3CCC(OC4CCOC4)CC3)nc2)n1. The molecule has 1 unspecified atom stereocenters. The summed E-state index contributed by atoms with van der Waals surface area (Å²) in [6.07, 6.45) is 5.38. The first-order chi connectivity index (χ1) is 12.7. The Bertz CT molecular complexity index is 791. The summed E-state index contributed by atoms with van der Waals surface area (Å²) in [5.74, 6) is 1.51. The van der Waals surface area contributed by atoms with Crippen molar-refractivity contribution in [1.82, 2.24) is 15.0 Å². The maximum atomic E-state index is 11.6. The molecule has 2 saturated heterocycles. The number of hydrogen-bond acceptors (Lipinski definition) is 6. The van der Waals surface area contributed by atoms with Crippen LogP contribution in [0.1, 0.15) is 25.0 Å². The Labute approximate surface area is 152 Å². The Balaban J connectivity index is 1.37. The van der Waals surface area contributed by atoms with Gasteiger partial charge in [-0.2, -0.15) is 0 Å². The fourth-order valence-electron chi connectivity index (χ4n) is 3.54. The third kappa shape index (κ3) is 3.94. The minimum atomic E-state index is -0.147. The van der Waals surface area contributed by atoms with Crippen LogP contribution in [-0.4, -0.2) is 53.5 Å². The Kier molecular flexibility index (Phi) is 4.99. The number of nitrogens with one attached hydrogen (secondary N) is 1. The van der Waals surface area contributed by atoms with E-state index in [1.54, 1.807) is 6.20 Å². The Morgan fingerprint density at radius 1 is 1.23 bits per heavy atom. The highest BCUT2D eigenvalue weighted by atomic mass is 16.5. The van der Waals surface area contributed by atoms with Gasteiger partial charge in [-0.05, 0) is 38.3 Å². The van der Waals surface area contributed by atoms with Gasteiger partial charge >= 0.3 is 0 Å². The van der Waals surface area contributed by atoms with Crippen molar-refractivity contribution in [2.45, 2.75) is 38.4 Å². The highest BCUT2D eigenvalue weighted by Crippen LogP contribution is 2.23. The topological polar surface area (TPSA) is 80.3 Å². The Hall–Kier alpha value is -2.25. The molecule has 0 bridgehead atoms. The van der Waals surface area contributed by atoms with E-state index in [0.717, 1.165) is 56.9 Å². The summed E-state index contributed by atoms with van der Waals surface area (Å²) in [6, 6.07) is 5.43. The van der Waals surface area contributed by atoms with Gasteiger partial charge in [-0.15, -0.1) is 0 Å². The van der Waals surface area contributed by atoms with Gasteiger partial charge in [0.05, 0.1) is 18.8 Å². The molecule has 0 saturated carbocycles. The predicted molar refractivity (Wildman–Crippen MR) is 98.4 cm³/mol. The third-order valence-corrected chi connectivity index (χ3v) is 4.93. The average Bonchev–Trinajstić information content (AvgIpc) is 3.15. The van der Waals surface area contributed by atoms with Crippen molar-refractivity contribution in [1.29, 1.82) is 0 Å². The van der Waals surface area contributed by atoms with E-state index in [0.29, 0.717) is 17.6 Å². The van der Waals surface area contributed by atoms with Crippen LogP contribution < -0.4 is 10.5 Å². The molecule has 2 aromatic rings. The molecule has 4 rings (SSSR count). The molecule has 1 N–H and O–H groups in total. The van der Waals surface area contributed by atoms with Gasteiger partial charge in [0.25, 0.3) is 5.56 Å². The molecule has 7 nitrogen and oxygen atoms in total. The number of hydrogen-bond donors (Lipinski definition) is 1. The van der Waals surface area contributed by atoms with Crippen LogP contribution in [0, 0.1) is 6.92 Å². The molecule has 1 atom stereocenters. The number of aromatic amines is 1. The van der Waals surface area contributed by atoms with E-state index in [9.17, 15) is 4.79 Å². The van der Waals surface area contributed by atoms with Gasteiger partial charge in [0.1, 0.15) is 11.6 Å². The second-order valence-electron chi connectivity index (χ2n) is 6.95. The fourth-order valence-corrected chi connectivity index (χ4v) is 3.54. The summed E-state index contributed by atoms with van der Waals surface area (Å²) >= 11 is 0. The zero-order valence-corrected chi connectivity index (χ0v) is 15.0. The number of pyridine rings is 1. The van der Waals surface area contributed by atoms with Crippen LogP contribution in [-0.2, 0) is 9.47 Å². The maximum Gasteiger partial charge on any atom is 0.251 e. The third-order valence-electron chi connectivity index (χ3n) is 4.93. The van der Waals surface area contributed by atoms with Crippen molar-refractivity contribution in [3.63, 3.8) is 0 Å². The Morgan fingerprint density at radius 3 is 2.73 bits per heavy atom. The number of nitrogens with zero attached hydrogens (tertiary/aromatic N) is 3. The van der Waals surface area contributed by atoms with E-state index in [1.807, 2.05) is 19.1 Å². The highest BCUT2D eigenvalue weighted by Gasteiger charge is 2.25. The number of rotatable bonds is 4. The summed E-state index contributed by atoms with van der Waals surface area (Å²) in [5, 5.41) is 0. The van der Waals surface area contributed by atoms with Crippen molar-refractivity contribution >= 4 is 5.82 Å². The van der Waals surface area contributed by atoms with Crippen LogP contribution in [0.15, 0.2) is 29.2 Å². The summed E-state index contributed by atoms with van der Waals surface area (Å²) in [5.41, 5.74) is 1.36. The van der Waals surface area contributed by atoms with E-state index >= 15 is 0 Å². The predicted octanol–water partition coefficient (Wildman–Crippen LogP) is 1.91. The van der Waals surface area contributed by atoms with Gasteiger partial charge in [-0.25, -0.2) is 9.97 Å². The van der Waals surface area contributed by atoms with E-state index in [2.05, 4.69) is 19.9 Å². The van der Waals surface area contributed by atoms with E-state index in [-0.39, 0.29) is 11.7 Å². The molecule has 2 aliphatic rings. The summed E-state index contributed by atoms with van der Waals surface area (Å²) in [7, 11) is 0. The smallest absolute Gasteiger partial charge is 0.251 e. The summed E-state index contributed by atoms with van der Waals surface area (Å²) in [6.45, 7) is 5.23. The number of anilines is 1. The molecule has 2 aliphatic heterocycles. The van der Waals surface area contributed by atoms with Crippen molar-refractivity contribution < 1.29 is 9.47 Å². The molecular weight excluding hydrogens is 332 g/mol. The van der Waals surface area contributed by atoms with Crippen molar-refractivity contribution in [3.05, 3.63) is 40.4 Å². The zero-order chi connectivity index (χ0) is 17.9. The molecule has 2 aromatic heterocycles. The lowest BCUT2D eigenvalue weighted by Crippen LogP contribution is -2.39. The number of H-pyrrole nitrogens is 1. The first kappa shape index (κ1) is 17.2. The van der Waals surface area contributed by atoms with E-state index < -0.39 is 0 Å². The van der Waals surface area contributed by atoms with Gasteiger partial charge in [0.2, 0.25) is 0 Å². The largest absolute Gasteiger partial charge is 0.379 e. The first-order valence-electron chi connectivity index (χ1n) is 9.20. The molecule has 0 radical (unpaired) electrons. The van der Waals surface area contributed by atoms with Crippen LogP contribution in [0.5, 0.6) is 0 Å². The van der Waals surface area contributed by atoms with Gasteiger partial charge < -0.3 is 19.4 Å². The normalized spacial score (nSPS) is 21.3. The first-order valence-corrected chi connectivity index (χ1v) is 9.20. The minimum Gasteiger partial charge on any atom is -0.379 e. The number of aryl methyl sites for hydroxylation is 1. The molecule has 0 aromatic carbocycles. The molecule has 7 heteroatoms. The number of aromatic nitrogens is 3. The number of piperidine rings is 1. The van der Waals surface area contributed by atoms with Crippen molar-refractivity contribution in [2.24, 2.45) is 0 Å². The monoisotopic (exact) mass is 356 g/mol. The minimum absolute atomic E-state index is 0.147. The van der Waals surface area contributed by atoms with Crippen LogP contribution in [0.4, 0.5) is 5.82 Å². The maximum absolute atomic E-state index is 11.6. The molecule has 2 fully saturated rings. The molecule has 0 amide bonds. The standard InChI is InChI=1S/C19H24N4O3/c1-13-10-18(24)22-19(21-13)14-2-3-17(20-11-14)23-7-4-15(5-8-23)26-16-6-9-25-12-16/h2-3,10-11,15-16H,4-9,12H2,1H3,(H,21,22,24). The average molecular weight is 356 g/mol. The van der Waals surface area contributed by atoms with Gasteiger partial charge in [-0.1, -0.05) is 0 Å². The molecular formula is C19H24N4O3. The number of ether oxygens (including phenoxy) is 2. The zero-order valence-electron chi connectivity index (χ0n) is 15.0. The quantitative estimate of drug-likeness (QED) is 0.901. The molecule has 0 spiro atoms. The second-order valence-corrected chi connectivity index (χ2v) is 6.95. The van der Waals surface area contributed by atoms with E-state index in [4.69, 9.17) is 9.47 Å². The molecule has 138 valence electrons. The fraction of sp³-hybridized carbons (Fsp3) is 0.526. The van der Waals surface area contributed by atoms with Crippen molar-refractivity contribution in [2.75, 3.05) is 31.2 Å².